The molecule has 2 heterocycles. The number of fused-ring (bicyclic) bond motifs is 1. The van der Waals surface area contributed by atoms with Gasteiger partial charge in [-0.2, -0.15) is 0 Å². The van der Waals surface area contributed by atoms with Crippen molar-refractivity contribution in [3.05, 3.63) is 84.7 Å². The monoisotopic (exact) mass is 374 g/mol. The molecule has 0 spiro atoms. The summed E-state index contributed by atoms with van der Waals surface area (Å²) in [4.78, 5) is 5.22. The molecular weight excluding hydrogens is 352 g/mol. The van der Waals surface area contributed by atoms with Gasteiger partial charge in [-0.1, -0.05) is 73.1 Å². The Hall–Kier alpha value is -2.66. The Morgan fingerprint density at radius 2 is 1.78 bits per heavy atom. The summed E-state index contributed by atoms with van der Waals surface area (Å²) >= 11 is 1.82. The Morgan fingerprint density at radius 1 is 0.963 bits per heavy atom. The summed E-state index contributed by atoms with van der Waals surface area (Å²) in [7, 11) is 0. The summed E-state index contributed by atoms with van der Waals surface area (Å²) in [5, 5.41) is 9.05. The van der Waals surface area contributed by atoms with E-state index in [2.05, 4.69) is 63.3 Å². The van der Waals surface area contributed by atoms with Gasteiger partial charge in [-0.15, -0.1) is 5.10 Å². The third kappa shape index (κ3) is 3.47. The molecule has 4 aromatic rings. The Balaban J connectivity index is 1.94. The van der Waals surface area contributed by atoms with E-state index in [9.17, 15) is 0 Å². The van der Waals surface area contributed by atoms with Crippen LogP contribution in [0.4, 0.5) is 0 Å². The van der Waals surface area contributed by atoms with Crippen molar-refractivity contribution in [3.8, 4) is 0 Å². The topological polar surface area (TPSA) is 43.6 Å². The first-order chi connectivity index (χ1) is 13.3. The molecule has 0 fully saturated rings. The van der Waals surface area contributed by atoms with Gasteiger partial charge in [0.15, 0.2) is 0 Å². The smallest absolute Gasteiger partial charge is 0.141 e. The molecule has 2 aromatic carbocycles. The molecule has 0 aliphatic carbocycles. The Kier molecular flexibility index (Phi) is 5.21. The first-order valence-corrected chi connectivity index (χ1v) is 10.1. The number of pyridine rings is 1. The van der Waals surface area contributed by atoms with E-state index in [1.54, 1.807) is 0 Å². The van der Waals surface area contributed by atoms with Crippen LogP contribution in [0.1, 0.15) is 31.7 Å². The van der Waals surface area contributed by atoms with Crippen molar-refractivity contribution >= 4 is 22.8 Å². The minimum Gasteiger partial charge on any atom is -0.264 e. The molecule has 1 unspecified atom stereocenters. The third-order valence-corrected chi connectivity index (χ3v) is 6.16. The largest absolute Gasteiger partial charge is 0.264 e. The van der Waals surface area contributed by atoms with Crippen molar-refractivity contribution in [2.24, 2.45) is 0 Å². The van der Waals surface area contributed by atoms with Crippen LogP contribution in [-0.4, -0.2) is 20.0 Å². The predicted octanol–water partition coefficient (Wildman–Crippen LogP) is 5.51. The van der Waals surface area contributed by atoms with Gasteiger partial charge in [-0.25, -0.2) is 4.68 Å². The zero-order valence-electron chi connectivity index (χ0n) is 15.3. The number of unbranched alkanes of at least 4 members (excludes halogenated alkanes) is 1. The lowest BCUT2D eigenvalue weighted by molar-refractivity contribution is 0.425. The van der Waals surface area contributed by atoms with Crippen LogP contribution < -0.4 is 0 Å². The summed E-state index contributed by atoms with van der Waals surface area (Å²) in [6, 6.07) is 22.8. The number of hydrogen-bond donors (Lipinski definition) is 0. The number of rotatable bonds is 7. The second kappa shape index (κ2) is 7.92. The molecule has 0 saturated carbocycles. The molecule has 136 valence electrons. The third-order valence-electron chi connectivity index (χ3n) is 4.71. The summed E-state index contributed by atoms with van der Waals surface area (Å²) in [6.07, 6.45) is 6.93. The molecular formula is C22H22N4S. The van der Waals surface area contributed by atoms with E-state index in [1.807, 2.05) is 54.5 Å². The zero-order chi connectivity index (χ0) is 18.5. The van der Waals surface area contributed by atoms with Crippen molar-refractivity contribution in [2.45, 2.75) is 36.0 Å². The lowest BCUT2D eigenvalue weighted by Crippen LogP contribution is -2.33. The van der Waals surface area contributed by atoms with Crippen LogP contribution in [-0.2, 0) is 4.87 Å². The number of para-hydroxylation sites is 1. The molecule has 0 aliphatic rings. The number of nitrogens with zero attached hydrogens (tertiary/aromatic N) is 4. The van der Waals surface area contributed by atoms with Gasteiger partial charge in [-0.3, -0.25) is 4.98 Å². The van der Waals surface area contributed by atoms with Gasteiger partial charge in [0.05, 0.1) is 5.52 Å². The SMILES string of the molecule is CCCCC(Sc1ccccc1)(c1cccnc1)n1nnc2ccccc21. The lowest BCUT2D eigenvalue weighted by Gasteiger charge is -2.34. The maximum atomic E-state index is 4.61. The van der Waals surface area contributed by atoms with Crippen LogP contribution in [0.25, 0.3) is 11.0 Å². The van der Waals surface area contributed by atoms with Gasteiger partial charge in [-0.05, 0) is 36.8 Å². The fraction of sp³-hybridized carbons (Fsp3) is 0.227. The minimum atomic E-state index is -0.401. The van der Waals surface area contributed by atoms with Crippen LogP contribution >= 0.6 is 11.8 Å². The normalized spacial score (nSPS) is 13.5. The molecule has 1 atom stereocenters. The van der Waals surface area contributed by atoms with Gasteiger partial charge in [0, 0.05) is 22.9 Å². The highest BCUT2D eigenvalue weighted by atomic mass is 32.2. The van der Waals surface area contributed by atoms with E-state index in [0.717, 1.165) is 35.9 Å². The summed E-state index contributed by atoms with van der Waals surface area (Å²) in [5.41, 5.74) is 3.10. The van der Waals surface area contributed by atoms with Crippen molar-refractivity contribution in [3.63, 3.8) is 0 Å². The summed E-state index contributed by atoms with van der Waals surface area (Å²) in [6.45, 7) is 2.22. The van der Waals surface area contributed by atoms with Crippen LogP contribution in [0.5, 0.6) is 0 Å². The van der Waals surface area contributed by atoms with Crippen LogP contribution in [0, 0.1) is 0 Å². The summed E-state index contributed by atoms with van der Waals surface area (Å²) in [5.74, 6) is 0. The Morgan fingerprint density at radius 3 is 2.56 bits per heavy atom. The number of thioether (sulfide) groups is 1. The van der Waals surface area contributed by atoms with Gasteiger partial charge < -0.3 is 0 Å². The fourth-order valence-electron chi connectivity index (χ4n) is 3.36. The number of benzene rings is 2. The Bertz CT molecular complexity index is 1000. The second-order valence-corrected chi connectivity index (χ2v) is 7.89. The van der Waals surface area contributed by atoms with Crippen molar-refractivity contribution in [2.75, 3.05) is 0 Å². The fourth-order valence-corrected chi connectivity index (χ4v) is 4.74. The van der Waals surface area contributed by atoms with Gasteiger partial charge in [0.1, 0.15) is 10.4 Å². The zero-order valence-corrected chi connectivity index (χ0v) is 16.1. The molecule has 0 bridgehead atoms. The summed E-state index contributed by atoms with van der Waals surface area (Å²) < 4.78 is 2.09. The average Bonchev–Trinajstić information content (AvgIpc) is 3.17. The highest BCUT2D eigenvalue weighted by Crippen LogP contribution is 2.47. The first kappa shape index (κ1) is 17.7. The number of hydrogen-bond acceptors (Lipinski definition) is 4. The molecule has 4 nitrogen and oxygen atoms in total. The van der Waals surface area contributed by atoms with E-state index in [1.165, 1.54) is 4.90 Å². The van der Waals surface area contributed by atoms with Crippen molar-refractivity contribution < 1.29 is 0 Å². The molecule has 0 N–H and O–H groups in total. The quantitative estimate of drug-likeness (QED) is 0.400. The van der Waals surface area contributed by atoms with Crippen LogP contribution in [0.3, 0.4) is 0 Å². The predicted molar refractivity (Wildman–Crippen MR) is 111 cm³/mol. The van der Waals surface area contributed by atoms with Crippen LogP contribution in [0.2, 0.25) is 0 Å². The molecule has 0 amide bonds. The number of aromatic nitrogens is 4. The van der Waals surface area contributed by atoms with Gasteiger partial charge in [0.25, 0.3) is 0 Å². The molecule has 0 radical (unpaired) electrons. The van der Waals surface area contributed by atoms with E-state index < -0.39 is 4.87 Å². The van der Waals surface area contributed by atoms with E-state index in [0.29, 0.717) is 0 Å². The van der Waals surface area contributed by atoms with Crippen molar-refractivity contribution in [1.82, 2.24) is 20.0 Å². The highest BCUT2D eigenvalue weighted by Gasteiger charge is 2.38. The highest BCUT2D eigenvalue weighted by molar-refractivity contribution is 8.00. The van der Waals surface area contributed by atoms with Crippen LogP contribution in [0.15, 0.2) is 84.0 Å². The molecule has 5 heteroatoms. The molecule has 27 heavy (non-hydrogen) atoms. The molecule has 0 saturated heterocycles. The Labute approximate surface area is 163 Å². The van der Waals surface area contributed by atoms with Crippen molar-refractivity contribution in [1.29, 1.82) is 0 Å². The minimum absolute atomic E-state index is 0.401. The first-order valence-electron chi connectivity index (χ1n) is 9.29. The second-order valence-electron chi connectivity index (χ2n) is 6.53. The van der Waals surface area contributed by atoms with E-state index in [4.69, 9.17) is 0 Å². The molecule has 0 aliphatic heterocycles. The molecule has 2 aromatic heterocycles. The van der Waals surface area contributed by atoms with Gasteiger partial charge >= 0.3 is 0 Å². The maximum Gasteiger partial charge on any atom is 0.141 e. The average molecular weight is 375 g/mol. The van der Waals surface area contributed by atoms with E-state index >= 15 is 0 Å². The molecule has 4 rings (SSSR count). The standard InChI is InChI=1S/C22H22N4S/c1-2-3-15-22(18-10-9-16-23-17-18,27-19-11-5-4-6-12-19)26-21-14-8-7-13-20(21)24-25-26/h4-14,16-17H,2-3,15H2,1H3. The van der Waals surface area contributed by atoms with Gasteiger partial charge in [0.2, 0.25) is 0 Å². The van der Waals surface area contributed by atoms with E-state index in [-0.39, 0.29) is 0 Å². The maximum absolute atomic E-state index is 4.61. The lowest BCUT2D eigenvalue weighted by atomic mass is 10.0.